The molecule has 6 heteroatoms. The van der Waals surface area contributed by atoms with Crippen molar-refractivity contribution in [2.75, 3.05) is 5.75 Å². The van der Waals surface area contributed by atoms with Crippen LogP contribution in [0.15, 0.2) is 54.6 Å². The number of hydrogen-bond acceptors (Lipinski definition) is 5. The minimum absolute atomic E-state index is 0.0843. The third kappa shape index (κ3) is 5.74. The Kier molecular flexibility index (Phi) is 7.80. The van der Waals surface area contributed by atoms with Crippen LogP contribution in [0.3, 0.4) is 0 Å². The molecule has 1 saturated heterocycles. The first-order valence-corrected chi connectivity index (χ1v) is 10.9. The second kappa shape index (κ2) is 10.3. The fraction of sp³-hybridized carbons (Fsp3) is 0.409. The van der Waals surface area contributed by atoms with E-state index in [1.807, 2.05) is 49.4 Å². The van der Waals surface area contributed by atoms with Crippen LogP contribution in [0.2, 0.25) is 5.02 Å². The second-order valence-electron chi connectivity index (χ2n) is 6.69. The summed E-state index contributed by atoms with van der Waals surface area (Å²) < 4.78 is 18.0. The first-order valence-electron chi connectivity index (χ1n) is 9.46. The SMILES string of the molecule is CCS[C@H]1O[C@@H](C)[C@@H](OC(=O)c2ccccc2)C[C@@H]1OCc1ccc(Cl)cc1. The molecule has 1 aliphatic heterocycles. The molecule has 4 nitrogen and oxygen atoms in total. The molecular formula is C22H25ClO4S. The number of rotatable bonds is 7. The summed E-state index contributed by atoms with van der Waals surface area (Å²) >= 11 is 7.66. The van der Waals surface area contributed by atoms with Gasteiger partial charge in [-0.25, -0.2) is 4.79 Å². The number of halogens is 1. The van der Waals surface area contributed by atoms with Gasteiger partial charge in [0.1, 0.15) is 11.5 Å². The van der Waals surface area contributed by atoms with Crippen LogP contribution in [0.25, 0.3) is 0 Å². The number of carbonyl (C=O) groups excluding carboxylic acids is 1. The Hall–Kier alpha value is -1.53. The van der Waals surface area contributed by atoms with E-state index in [0.29, 0.717) is 23.6 Å². The highest BCUT2D eigenvalue weighted by Gasteiger charge is 2.38. The first kappa shape index (κ1) is 21.2. The predicted octanol–water partition coefficient (Wildman–Crippen LogP) is 5.34. The zero-order valence-electron chi connectivity index (χ0n) is 16.0. The van der Waals surface area contributed by atoms with Crippen molar-refractivity contribution in [3.05, 3.63) is 70.7 Å². The largest absolute Gasteiger partial charge is 0.456 e. The third-order valence-corrected chi connectivity index (χ3v) is 5.95. The molecule has 4 atom stereocenters. The highest BCUT2D eigenvalue weighted by molar-refractivity contribution is 7.99. The number of hydrogen-bond donors (Lipinski definition) is 0. The van der Waals surface area contributed by atoms with E-state index in [4.69, 9.17) is 25.8 Å². The second-order valence-corrected chi connectivity index (χ2v) is 8.50. The van der Waals surface area contributed by atoms with E-state index in [1.165, 1.54) is 0 Å². The minimum Gasteiger partial charge on any atom is -0.456 e. The minimum atomic E-state index is -0.350. The van der Waals surface area contributed by atoms with E-state index in [9.17, 15) is 4.79 Å². The maximum atomic E-state index is 12.4. The number of esters is 1. The zero-order chi connectivity index (χ0) is 19.9. The van der Waals surface area contributed by atoms with Crippen LogP contribution in [-0.2, 0) is 20.8 Å². The highest BCUT2D eigenvalue weighted by Crippen LogP contribution is 2.32. The highest BCUT2D eigenvalue weighted by atomic mass is 35.5. The fourth-order valence-electron chi connectivity index (χ4n) is 3.08. The molecular weight excluding hydrogens is 396 g/mol. The van der Waals surface area contributed by atoms with Gasteiger partial charge in [0.25, 0.3) is 0 Å². The summed E-state index contributed by atoms with van der Waals surface area (Å²) in [5, 5.41) is 0.700. The summed E-state index contributed by atoms with van der Waals surface area (Å²) in [6.45, 7) is 4.50. The molecule has 0 unspecified atom stereocenters. The Morgan fingerprint density at radius 2 is 1.86 bits per heavy atom. The first-order chi connectivity index (χ1) is 13.6. The number of thioether (sulfide) groups is 1. The number of benzene rings is 2. The van der Waals surface area contributed by atoms with Gasteiger partial charge in [0.15, 0.2) is 0 Å². The van der Waals surface area contributed by atoms with Gasteiger partial charge in [-0.1, -0.05) is 48.9 Å². The van der Waals surface area contributed by atoms with Crippen molar-refractivity contribution in [1.29, 1.82) is 0 Å². The molecule has 28 heavy (non-hydrogen) atoms. The van der Waals surface area contributed by atoms with Crippen molar-refractivity contribution in [3.8, 4) is 0 Å². The molecule has 2 aromatic carbocycles. The van der Waals surface area contributed by atoms with E-state index in [0.717, 1.165) is 11.3 Å². The van der Waals surface area contributed by atoms with Crippen LogP contribution in [0, 0.1) is 0 Å². The fourth-order valence-corrected chi connectivity index (χ4v) is 4.20. The van der Waals surface area contributed by atoms with Gasteiger partial charge in [0.05, 0.1) is 24.4 Å². The maximum Gasteiger partial charge on any atom is 0.338 e. The quantitative estimate of drug-likeness (QED) is 0.566. The molecule has 3 rings (SSSR count). The van der Waals surface area contributed by atoms with Gasteiger partial charge >= 0.3 is 5.97 Å². The monoisotopic (exact) mass is 420 g/mol. The smallest absolute Gasteiger partial charge is 0.338 e. The summed E-state index contributed by atoms with van der Waals surface area (Å²) in [7, 11) is 0. The van der Waals surface area contributed by atoms with Crippen LogP contribution in [0.5, 0.6) is 0 Å². The molecule has 0 amide bonds. The molecule has 150 valence electrons. The van der Waals surface area contributed by atoms with Gasteiger partial charge in [0, 0.05) is 11.4 Å². The molecule has 1 aliphatic rings. The lowest BCUT2D eigenvalue weighted by Crippen LogP contribution is -2.47. The van der Waals surface area contributed by atoms with Crippen molar-refractivity contribution < 1.29 is 19.0 Å². The van der Waals surface area contributed by atoms with Gasteiger partial charge in [0.2, 0.25) is 0 Å². The normalized spacial score (nSPS) is 24.7. The molecule has 0 saturated carbocycles. The van der Waals surface area contributed by atoms with E-state index >= 15 is 0 Å². The lowest BCUT2D eigenvalue weighted by Gasteiger charge is -2.39. The topological polar surface area (TPSA) is 44.8 Å². The lowest BCUT2D eigenvalue weighted by molar-refractivity contribution is -0.153. The van der Waals surface area contributed by atoms with Crippen molar-refractivity contribution >= 4 is 29.3 Å². The van der Waals surface area contributed by atoms with Crippen LogP contribution in [0.1, 0.15) is 36.2 Å². The summed E-state index contributed by atoms with van der Waals surface area (Å²) in [5.41, 5.74) is 1.50. The van der Waals surface area contributed by atoms with E-state index < -0.39 is 0 Å². The van der Waals surface area contributed by atoms with E-state index in [1.54, 1.807) is 23.9 Å². The molecule has 0 radical (unpaired) electrons. The molecule has 0 N–H and O–H groups in total. The summed E-state index contributed by atoms with van der Waals surface area (Å²) in [6.07, 6.45) is -0.0977. The summed E-state index contributed by atoms with van der Waals surface area (Å²) in [6, 6.07) is 16.6. The van der Waals surface area contributed by atoms with Gasteiger partial charge < -0.3 is 14.2 Å². The Morgan fingerprint density at radius 1 is 1.14 bits per heavy atom. The van der Waals surface area contributed by atoms with E-state index in [2.05, 4.69) is 6.92 Å². The average Bonchev–Trinajstić information content (AvgIpc) is 2.71. The van der Waals surface area contributed by atoms with Crippen LogP contribution in [-0.4, -0.2) is 35.5 Å². The van der Waals surface area contributed by atoms with Gasteiger partial charge in [-0.05, 0) is 42.5 Å². The Balaban J connectivity index is 1.64. The van der Waals surface area contributed by atoms with Crippen LogP contribution < -0.4 is 0 Å². The van der Waals surface area contributed by atoms with Crippen LogP contribution >= 0.6 is 23.4 Å². The molecule has 0 aromatic heterocycles. The Bertz CT molecular complexity index is 753. The molecule has 1 fully saturated rings. The molecule has 0 aliphatic carbocycles. The maximum absolute atomic E-state index is 12.4. The molecule has 1 heterocycles. The van der Waals surface area contributed by atoms with Crippen molar-refractivity contribution in [1.82, 2.24) is 0 Å². The van der Waals surface area contributed by atoms with Gasteiger partial charge in [-0.3, -0.25) is 0 Å². The van der Waals surface area contributed by atoms with Crippen molar-refractivity contribution in [3.63, 3.8) is 0 Å². The third-order valence-electron chi connectivity index (χ3n) is 4.62. The van der Waals surface area contributed by atoms with Crippen molar-refractivity contribution in [2.24, 2.45) is 0 Å². The van der Waals surface area contributed by atoms with Gasteiger partial charge in [-0.2, -0.15) is 0 Å². The van der Waals surface area contributed by atoms with E-state index in [-0.39, 0.29) is 29.7 Å². The van der Waals surface area contributed by atoms with Crippen LogP contribution in [0.4, 0.5) is 0 Å². The number of carbonyl (C=O) groups is 1. The zero-order valence-corrected chi connectivity index (χ0v) is 17.6. The molecule has 2 aromatic rings. The number of ether oxygens (including phenoxy) is 3. The Morgan fingerprint density at radius 3 is 2.54 bits per heavy atom. The summed E-state index contributed by atoms with van der Waals surface area (Å²) in [4.78, 5) is 12.4. The average molecular weight is 421 g/mol. The molecule has 0 spiro atoms. The lowest BCUT2D eigenvalue weighted by atomic mass is 10.0. The van der Waals surface area contributed by atoms with Crippen molar-refractivity contribution in [2.45, 2.75) is 50.6 Å². The van der Waals surface area contributed by atoms with Gasteiger partial charge in [-0.15, -0.1) is 11.8 Å². The summed E-state index contributed by atoms with van der Waals surface area (Å²) in [5.74, 6) is 0.589. The standard InChI is InChI=1S/C22H25ClO4S/c1-3-28-22-20(25-14-16-9-11-18(23)12-10-16)13-19(15(2)26-22)27-21(24)17-7-5-4-6-8-17/h4-12,15,19-20,22H,3,13-14H2,1-2H3/t15-,19-,20-,22+/m0/s1. The Labute approximate surface area is 175 Å². The molecule has 0 bridgehead atoms. The predicted molar refractivity (Wildman–Crippen MR) is 113 cm³/mol.